The molecule has 0 heterocycles. The Balaban J connectivity index is 4.03. The zero-order valence-corrected chi connectivity index (χ0v) is 8.66. The lowest BCUT2D eigenvalue weighted by Gasteiger charge is -2.30. The summed E-state index contributed by atoms with van der Waals surface area (Å²) in [6.07, 6.45) is -0.189. The molecular weight excluding hydrogens is 210 g/mol. The van der Waals surface area contributed by atoms with Gasteiger partial charge in [-0.05, 0) is 6.42 Å². The normalized spacial score (nSPS) is 18.6. The van der Waals surface area contributed by atoms with E-state index < -0.39 is 18.0 Å². The lowest BCUT2D eigenvalue weighted by atomic mass is 10.0. The molecule has 0 rings (SSSR count). The molecule has 0 aromatic carbocycles. The van der Waals surface area contributed by atoms with Gasteiger partial charge >= 0.3 is 11.8 Å². The molecule has 0 aliphatic heterocycles. The van der Waals surface area contributed by atoms with Crippen molar-refractivity contribution in [2.24, 2.45) is 0 Å². The maximum absolute atomic E-state index is 13.0. The van der Waals surface area contributed by atoms with Crippen LogP contribution < -0.4 is 0 Å². The fourth-order valence-corrected chi connectivity index (χ4v) is 1.15. The van der Waals surface area contributed by atoms with Gasteiger partial charge in [-0.15, -0.1) is 0 Å². The maximum atomic E-state index is 13.0. The maximum Gasteiger partial charge on any atom is 0.341 e. The van der Waals surface area contributed by atoms with Crippen LogP contribution in [0.2, 0.25) is 0 Å². The minimum Gasteiger partial charge on any atom is -0.353 e. The molecule has 0 spiro atoms. The number of unbranched alkanes of at least 4 members (excludes halogenated alkanes) is 3. The van der Waals surface area contributed by atoms with Gasteiger partial charge in [0.1, 0.15) is 0 Å². The van der Waals surface area contributed by atoms with Crippen LogP contribution in [0.25, 0.3) is 0 Å². The Kier molecular flexibility index (Phi) is 5.58. The van der Waals surface area contributed by atoms with Crippen molar-refractivity contribution in [2.45, 2.75) is 57.0 Å². The highest BCUT2D eigenvalue weighted by Crippen LogP contribution is 2.29. The Morgan fingerprint density at radius 3 is 2.00 bits per heavy atom. The highest BCUT2D eigenvalue weighted by atomic mass is 19.2. The van der Waals surface area contributed by atoms with Gasteiger partial charge in [-0.2, -0.15) is 4.39 Å². The third-order valence-electron chi connectivity index (χ3n) is 2.20. The summed E-state index contributed by atoms with van der Waals surface area (Å²) in [5, 5.41) is 33.8. The second kappa shape index (κ2) is 5.69. The van der Waals surface area contributed by atoms with E-state index >= 15 is 0 Å². The van der Waals surface area contributed by atoms with Crippen molar-refractivity contribution in [3.8, 4) is 0 Å². The van der Waals surface area contributed by atoms with E-state index in [1.807, 2.05) is 6.92 Å². The Morgan fingerprint density at radius 1 is 1.07 bits per heavy atom. The molecule has 0 aliphatic rings. The monoisotopic (exact) mass is 228 g/mol. The molecular formula is C9H18F2O4. The zero-order valence-electron chi connectivity index (χ0n) is 8.66. The van der Waals surface area contributed by atoms with Crippen molar-refractivity contribution >= 4 is 0 Å². The molecule has 0 aromatic heterocycles. The quantitative estimate of drug-likeness (QED) is 0.379. The number of aliphatic hydroxyl groups is 4. The lowest BCUT2D eigenvalue weighted by molar-refractivity contribution is -0.437. The third kappa shape index (κ3) is 4.38. The highest BCUT2D eigenvalue weighted by molar-refractivity contribution is 4.82. The Bertz CT molecular complexity index is 179. The number of alkyl halides is 2. The second-order valence-corrected chi connectivity index (χ2v) is 3.63. The zero-order chi connectivity index (χ0) is 12.1. The molecule has 0 saturated heterocycles. The molecule has 6 heteroatoms. The second-order valence-electron chi connectivity index (χ2n) is 3.63. The molecule has 0 amide bonds. The summed E-state index contributed by atoms with van der Waals surface area (Å²) in [6.45, 7) is 1.94. The van der Waals surface area contributed by atoms with Crippen LogP contribution >= 0.6 is 0 Å². The van der Waals surface area contributed by atoms with Gasteiger partial charge in [0.2, 0.25) is 0 Å². The van der Waals surface area contributed by atoms with Crippen LogP contribution in [-0.4, -0.2) is 38.4 Å². The standard InChI is InChI=1S/C9H18F2O4/c1-2-3-4-5-6-7(10)8(11,12)9(13,14)15/h7,12-15H,2-6H2,1H3. The van der Waals surface area contributed by atoms with Gasteiger partial charge in [0, 0.05) is 0 Å². The van der Waals surface area contributed by atoms with Gasteiger partial charge in [0.05, 0.1) is 0 Å². The smallest absolute Gasteiger partial charge is 0.341 e. The number of hydrogen-bond donors (Lipinski definition) is 4. The fourth-order valence-electron chi connectivity index (χ4n) is 1.15. The van der Waals surface area contributed by atoms with Gasteiger partial charge < -0.3 is 20.4 Å². The van der Waals surface area contributed by atoms with Crippen molar-refractivity contribution < 1.29 is 29.2 Å². The molecule has 0 aliphatic carbocycles. The van der Waals surface area contributed by atoms with Crippen molar-refractivity contribution in [3.05, 3.63) is 0 Å². The summed E-state index contributed by atoms with van der Waals surface area (Å²) in [7, 11) is 0. The summed E-state index contributed by atoms with van der Waals surface area (Å²) in [5.74, 6) is -8.13. The van der Waals surface area contributed by atoms with Crippen LogP contribution in [0.4, 0.5) is 8.78 Å². The van der Waals surface area contributed by atoms with E-state index in [4.69, 9.17) is 20.4 Å². The Labute approximate surface area is 87.2 Å². The topological polar surface area (TPSA) is 80.9 Å². The number of hydrogen-bond acceptors (Lipinski definition) is 4. The average molecular weight is 228 g/mol. The van der Waals surface area contributed by atoms with E-state index in [2.05, 4.69) is 0 Å². The summed E-state index contributed by atoms with van der Waals surface area (Å²) in [4.78, 5) is 0. The van der Waals surface area contributed by atoms with E-state index in [0.29, 0.717) is 12.8 Å². The molecule has 0 radical (unpaired) electrons. The third-order valence-corrected chi connectivity index (χ3v) is 2.20. The predicted octanol–water partition coefficient (Wildman–Crippen LogP) is 0.584. The fraction of sp³-hybridized carbons (Fsp3) is 1.00. The first-order valence-electron chi connectivity index (χ1n) is 4.96. The molecule has 0 fully saturated rings. The van der Waals surface area contributed by atoms with E-state index in [1.54, 1.807) is 0 Å². The molecule has 0 bridgehead atoms. The molecule has 0 aromatic rings. The first-order chi connectivity index (χ1) is 6.73. The van der Waals surface area contributed by atoms with Crippen LogP contribution in [0.1, 0.15) is 39.0 Å². The van der Waals surface area contributed by atoms with Crippen LogP contribution in [0.5, 0.6) is 0 Å². The van der Waals surface area contributed by atoms with Crippen LogP contribution in [0.3, 0.4) is 0 Å². The van der Waals surface area contributed by atoms with Gasteiger partial charge in [0.25, 0.3) is 0 Å². The van der Waals surface area contributed by atoms with Crippen molar-refractivity contribution in [1.82, 2.24) is 0 Å². The number of rotatable bonds is 7. The lowest BCUT2D eigenvalue weighted by Crippen LogP contribution is -2.57. The molecule has 92 valence electrons. The SMILES string of the molecule is CCCCCCC(F)C(O)(F)C(O)(O)O. The van der Waals surface area contributed by atoms with E-state index in [-0.39, 0.29) is 6.42 Å². The van der Waals surface area contributed by atoms with Gasteiger partial charge in [-0.3, -0.25) is 0 Å². The van der Waals surface area contributed by atoms with Gasteiger partial charge in [-0.25, -0.2) is 4.39 Å². The van der Waals surface area contributed by atoms with E-state index in [1.165, 1.54) is 0 Å². The molecule has 2 unspecified atom stereocenters. The summed E-state index contributed by atoms with van der Waals surface area (Å²) in [6, 6.07) is 0. The van der Waals surface area contributed by atoms with Crippen LogP contribution in [-0.2, 0) is 0 Å². The van der Waals surface area contributed by atoms with Crippen molar-refractivity contribution in [2.75, 3.05) is 0 Å². The number of halogens is 2. The minimum atomic E-state index is -4.07. The van der Waals surface area contributed by atoms with Crippen molar-refractivity contribution in [3.63, 3.8) is 0 Å². The van der Waals surface area contributed by atoms with Crippen LogP contribution in [0.15, 0.2) is 0 Å². The summed E-state index contributed by atoms with van der Waals surface area (Å²) < 4.78 is 25.9. The largest absolute Gasteiger partial charge is 0.353 e. The van der Waals surface area contributed by atoms with Crippen LogP contribution in [0, 0.1) is 0 Å². The average Bonchev–Trinajstić information content (AvgIpc) is 2.10. The van der Waals surface area contributed by atoms with E-state index in [9.17, 15) is 8.78 Å². The predicted molar refractivity (Wildman–Crippen MR) is 49.1 cm³/mol. The summed E-state index contributed by atoms with van der Waals surface area (Å²) in [5.41, 5.74) is 0. The Morgan fingerprint density at radius 2 is 1.60 bits per heavy atom. The first kappa shape index (κ1) is 14.7. The molecule has 15 heavy (non-hydrogen) atoms. The molecule has 0 saturated carbocycles. The molecule has 4 N–H and O–H groups in total. The molecule has 2 atom stereocenters. The Hall–Kier alpha value is -0.300. The summed E-state index contributed by atoms with van der Waals surface area (Å²) >= 11 is 0. The van der Waals surface area contributed by atoms with Crippen molar-refractivity contribution in [1.29, 1.82) is 0 Å². The highest BCUT2D eigenvalue weighted by Gasteiger charge is 2.55. The minimum absolute atomic E-state index is 0.303. The van der Waals surface area contributed by atoms with Gasteiger partial charge in [-0.1, -0.05) is 32.6 Å². The van der Waals surface area contributed by atoms with Gasteiger partial charge in [0.15, 0.2) is 6.17 Å². The molecule has 4 nitrogen and oxygen atoms in total. The first-order valence-corrected chi connectivity index (χ1v) is 4.96. The van der Waals surface area contributed by atoms with E-state index in [0.717, 1.165) is 12.8 Å².